The summed E-state index contributed by atoms with van der Waals surface area (Å²) in [6.45, 7) is 27.8. The summed E-state index contributed by atoms with van der Waals surface area (Å²) in [6.07, 6.45) is 10.5. The third-order valence-electron chi connectivity index (χ3n) is 10.4. The number of fused-ring (bicyclic) bond motifs is 3. The topological polar surface area (TPSA) is 124 Å². The molecule has 0 aromatic carbocycles. The van der Waals surface area contributed by atoms with Crippen LogP contribution < -0.4 is 4.90 Å². The van der Waals surface area contributed by atoms with Crippen LogP contribution in [0.4, 0.5) is 10.6 Å². The van der Waals surface area contributed by atoms with Gasteiger partial charge in [0, 0.05) is 70.3 Å². The van der Waals surface area contributed by atoms with Crippen molar-refractivity contribution in [3.8, 4) is 11.1 Å². The second kappa shape index (κ2) is 17.7. The molecule has 3 atom stereocenters. The fourth-order valence-corrected chi connectivity index (χ4v) is 8.91. The Balaban J connectivity index is 1.66. The van der Waals surface area contributed by atoms with Gasteiger partial charge < -0.3 is 33.9 Å². The Morgan fingerprint density at radius 2 is 1.55 bits per heavy atom. The van der Waals surface area contributed by atoms with Gasteiger partial charge in [-0.3, -0.25) is 4.98 Å². The third-order valence-corrected chi connectivity index (χ3v) is 13.8. The van der Waals surface area contributed by atoms with E-state index in [1.54, 1.807) is 26.3 Å². The van der Waals surface area contributed by atoms with Crippen LogP contribution >= 0.6 is 0 Å². The quantitative estimate of drug-likeness (QED) is 0.0612. The molecule has 1 N–H and O–H groups in total. The van der Waals surface area contributed by atoms with Crippen LogP contribution in [0, 0.1) is 0 Å². The smallest absolute Gasteiger partial charge is 0.410 e. The Bertz CT molecular complexity index is 1770. The zero-order valence-electron chi connectivity index (χ0n) is 36.1. The van der Waals surface area contributed by atoms with Gasteiger partial charge in [-0.05, 0) is 91.5 Å². The van der Waals surface area contributed by atoms with Crippen LogP contribution in [0.15, 0.2) is 30.8 Å². The molecule has 5 heterocycles. The molecule has 1 unspecified atom stereocenters. The summed E-state index contributed by atoms with van der Waals surface area (Å²) in [5.74, 6) is 0.869. The van der Waals surface area contributed by atoms with Gasteiger partial charge in [0.25, 0.3) is 0 Å². The number of rotatable bonds is 17. The summed E-state index contributed by atoms with van der Waals surface area (Å²) in [7, 11) is -2.67. The van der Waals surface area contributed by atoms with Crippen LogP contribution in [0.1, 0.15) is 90.1 Å². The van der Waals surface area contributed by atoms with Crippen LogP contribution in [-0.4, -0.2) is 103 Å². The van der Waals surface area contributed by atoms with Crippen LogP contribution in [0.25, 0.3) is 22.9 Å². The maximum absolute atomic E-state index is 13.5. The van der Waals surface area contributed by atoms with Crippen molar-refractivity contribution >= 4 is 39.8 Å². The highest BCUT2D eigenvalue weighted by Crippen LogP contribution is 2.46. The number of hydrogen-bond donors (Lipinski definition) is 1. The number of ether oxygens (including phenoxy) is 4. The van der Waals surface area contributed by atoms with Crippen molar-refractivity contribution in [2.75, 3.05) is 38.2 Å². The van der Waals surface area contributed by atoms with E-state index < -0.39 is 27.3 Å². The zero-order chi connectivity index (χ0) is 41.1. The molecular weight excluding hydrogens is 741 g/mol. The first-order valence-corrected chi connectivity index (χ1v) is 27.9. The Morgan fingerprint density at radius 3 is 2.05 bits per heavy atom. The van der Waals surface area contributed by atoms with Crippen molar-refractivity contribution < 1.29 is 28.8 Å². The Morgan fingerprint density at radius 1 is 0.946 bits per heavy atom. The van der Waals surface area contributed by atoms with Gasteiger partial charge in [0.1, 0.15) is 30.5 Å². The summed E-state index contributed by atoms with van der Waals surface area (Å²) >= 11 is 0. The summed E-state index contributed by atoms with van der Waals surface area (Å²) < 4.78 is 26.6. The normalized spacial score (nSPS) is 19.3. The number of nitrogens with zero attached hydrogens (tertiary/aromatic N) is 6. The van der Waals surface area contributed by atoms with Crippen molar-refractivity contribution in [1.29, 1.82) is 0 Å². The maximum Gasteiger partial charge on any atom is 0.410 e. The molecule has 2 aliphatic heterocycles. The van der Waals surface area contributed by atoms with Gasteiger partial charge in [-0.1, -0.05) is 45.3 Å². The minimum Gasteiger partial charge on any atom is -0.501 e. The van der Waals surface area contributed by atoms with E-state index in [4.69, 9.17) is 29.0 Å². The van der Waals surface area contributed by atoms with E-state index in [-0.39, 0.29) is 24.1 Å². The van der Waals surface area contributed by atoms with Crippen molar-refractivity contribution in [3.05, 3.63) is 47.7 Å². The van der Waals surface area contributed by atoms with Gasteiger partial charge in [-0.2, -0.15) is 9.61 Å². The predicted octanol–water partition coefficient (Wildman–Crippen LogP) is 9.10. The molecule has 12 nitrogen and oxygen atoms in total. The van der Waals surface area contributed by atoms with Crippen molar-refractivity contribution in [2.45, 2.75) is 148 Å². The summed E-state index contributed by atoms with van der Waals surface area (Å²) in [6, 6.07) is 6.01. The van der Waals surface area contributed by atoms with Crippen LogP contribution in [0.3, 0.4) is 0 Å². The average molecular weight is 809 g/mol. The number of aromatic nitrogens is 4. The number of carbonyl (C=O) groups excluding carboxylic acids is 1. The van der Waals surface area contributed by atoms with E-state index >= 15 is 0 Å². The number of hydrogen-bond acceptors (Lipinski definition) is 10. The number of piperidine rings is 1. The summed E-state index contributed by atoms with van der Waals surface area (Å²) in [4.78, 5) is 27.8. The second-order valence-electron chi connectivity index (χ2n) is 19.5. The Hall–Kier alpha value is -3.31. The molecule has 1 amide bonds. The molecular formula is C42H68N6O6Si2. The molecule has 2 bridgehead atoms. The lowest BCUT2D eigenvalue weighted by Crippen LogP contribution is -2.48. The number of anilines is 1. The van der Waals surface area contributed by atoms with Gasteiger partial charge in [-0.15, -0.1) is 0 Å². The first-order chi connectivity index (χ1) is 26.1. The molecule has 0 radical (unpaired) electrons. The lowest BCUT2D eigenvalue weighted by atomic mass is 9.86. The lowest BCUT2D eigenvalue weighted by molar-refractivity contribution is 0.00567. The molecule has 2 aliphatic rings. The van der Waals surface area contributed by atoms with Crippen molar-refractivity contribution in [1.82, 2.24) is 24.5 Å². The number of pyridine rings is 1. The van der Waals surface area contributed by atoms with Crippen molar-refractivity contribution in [2.24, 2.45) is 0 Å². The van der Waals surface area contributed by atoms with Gasteiger partial charge in [0.15, 0.2) is 5.65 Å². The lowest BCUT2D eigenvalue weighted by Gasteiger charge is -2.40. The fourth-order valence-electron chi connectivity index (χ4n) is 7.39. The molecule has 0 saturated carbocycles. The standard InChI is InChI=1S/C42H68N6O6Si2/c1-13-51-19-18-34-37(31-24-32-15-16-33(25-31)47(32)40(49)54-41(2,3)4)45-38-35(30-14-17-36(43-26-30)42(5,6)50)27-44-48(38)39(34)46(28-52-20-22-55(7,8)9)29-53-21-23-56(10,11)12/h14,17-19,26-27,31-33,50H,13,15-16,20-25,28-29H2,1-12H3/b19-18-/t31?,32-,33+. The highest BCUT2D eigenvalue weighted by molar-refractivity contribution is 6.76. The summed E-state index contributed by atoms with van der Waals surface area (Å²) in [5.41, 5.74) is 3.14. The van der Waals surface area contributed by atoms with Gasteiger partial charge in [0.2, 0.25) is 0 Å². The maximum atomic E-state index is 13.5. The van der Waals surface area contributed by atoms with Crippen LogP contribution in [-0.2, 0) is 24.5 Å². The average Bonchev–Trinajstić information content (AvgIpc) is 3.63. The molecule has 3 aromatic heterocycles. The van der Waals surface area contributed by atoms with E-state index in [0.29, 0.717) is 44.6 Å². The number of aliphatic hydroxyl groups is 1. The molecule has 5 rings (SSSR count). The predicted molar refractivity (Wildman–Crippen MR) is 229 cm³/mol. The molecule has 3 aromatic rings. The molecule has 0 spiro atoms. The molecule has 310 valence electrons. The zero-order valence-corrected chi connectivity index (χ0v) is 38.1. The molecule has 2 saturated heterocycles. The molecule has 2 fully saturated rings. The first kappa shape index (κ1) is 43.8. The van der Waals surface area contributed by atoms with Gasteiger partial charge in [-0.25, -0.2) is 9.78 Å². The minimum absolute atomic E-state index is 0.0488. The van der Waals surface area contributed by atoms with E-state index in [9.17, 15) is 9.90 Å². The van der Waals surface area contributed by atoms with Crippen LogP contribution in [0.5, 0.6) is 0 Å². The SMILES string of the molecule is CCO/C=C\c1c(C2C[C@H]3CC[C@@H](C2)N3C(=O)OC(C)(C)C)nc2c(-c3ccc(C(C)(C)O)nc3)cnn2c1N(COCC[Si](C)(C)C)COCC[Si](C)(C)C. The number of amides is 1. The first-order valence-electron chi connectivity index (χ1n) is 20.5. The van der Waals surface area contributed by atoms with Gasteiger partial charge >= 0.3 is 6.09 Å². The molecule has 0 aliphatic carbocycles. The Labute approximate surface area is 337 Å². The van der Waals surface area contributed by atoms with E-state index in [0.717, 1.165) is 66.0 Å². The van der Waals surface area contributed by atoms with Gasteiger partial charge in [0.05, 0.1) is 30.5 Å². The highest BCUT2D eigenvalue weighted by Gasteiger charge is 2.46. The number of carbonyl (C=O) groups is 1. The Kier molecular flexibility index (Phi) is 13.8. The second-order valence-corrected chi connectivity index (χ2v) is 30.7. The molecule has 56 heavy (non-hydrogen) atoms. The highest BCUT2D eigenvalue weighted by atomic mass is 28.3. The van der Waals surface area contributed by atoms with E-state index in [2.05, 4.69) is 49.2 Å². The minimum atomic E-state index is -1.34. The monoisotopic (exact) mass is 808 g/mol. The van der Waals surface area contributed by atoms with Crippen LogP contribution in [0.2, 0.25) is 51.4 Å². The van der Waals surface area contributed by atoms with Crippen molar-refractivity contribution in [3.63, 3.8) is 0 Å². The third kappa shape index (κ3) is 11.4. The van der Waals surface area contributed by atoms with E-state index in [1.807, 2.05) is 61.5 Å². The fraction of sp³-hybridized carbons (Fsp3) is 0.667. The van der Waals surface area contributed by atoms with E-state index in [1.165, 1.54) is 0 Å². The molecule has 14 heteroatoms. The largest absolute Gasteiger partial charge is 0.501 e. The summed E-state index contributed by atoms with van der Waals surface area (Å²) in [5, 5.41) is 15.6.